The van der Waals surface area contributed by atoms with E-state index in [1.807, 2.05) is 0 Å². The van der Waals surface area contributed by atoms with E-state index < -0.39 is 22.9 Å². The molecule has 0 fully saturated rings. The van der Waals surface area contributed by atoms with Crippen molar-refractivity contribution in [1.29, 1.82) is 0 Å². The number of alkyl halides is 3. The molecule has 0 saturated heterocycles. The van der Waals surface area contributed by atoms with Crippen LogP contribution in [-0.2, 0) is 26.3 Å². The molecule has 0 spiro atoms. The fourth-order valence-electron chi connectivity index (χ4n) is 2.85. The maximum Gasteiger partial charge on any atom is 0.453 e. The largest absolute Gasteiger partial charge is 0.464 e. The molecule has 0 unspecified atom stereocenters. The summed E-state index contributed by atoms with van der Waals surface area (Å²) in [4.78, 5) is 27.0. The van der Waals surface area contributed by atoms with Crippen LogP contribution in [0.25, 0.3) is 0 Å². The first-order chi connectivity index (χ1) is 17.2. The monoisotopic (exact) mass is 522 g/mol. The van der Waals surface area contributed by atoms with Crippen molar-refractivity contribution in [3.05, 3.63) is 81.2 Å². The number of esters is 1. The Morgan fingerprint density at radius 1 is 1.17 bits per heavy atom. The third kappa shape index (κ3) is 6.24. The number of rotatable bonds is 9. The first-order valence-electron chi connectivity index (χ1n) is 9.87. The van der Waals surface area contributed by atoms with Gasteiger partial charge in [0.25, 0.3) is 11.5 Å². The summed E-state index contributed by atoms with van der Waals surface area (Å²) in [6.07, 6.45) is -3.75. The lowest BCUT2D eigenvalue weighted by molar-refractivity contribution is -0.384. The van der Waals surface area contributed by atoms with E-state index in [0.29, 0.717) is 21.4 Å². The Morgan fingerprint density at radius 2 is 1.86 bits per heavy atom. The van der Waals surface area contributed by atoms with E-state index in [-0.39, 0.29) is 22.3 Å². The average Bonchev–Trinajstić information content (AvgIpc) is 3.28. The number of nitro benzene ring substituents is 1. The molecule has 0 aliphatic heterocycles. The van der Waals surface area contributed by atoms with Crippen LogP contribution in [0.15, 0.2) is 63.9 Å². The number of nitro groups is 1. The van der Waals surface area contributed by atoms with E-state index in [9.17, 15) is 28.1 Å². The van der Waals surface area contributed by atoms with Crippen LogP contribution in [0.1, 0.15) is 22.5 Å². The van der Waals surface area contributed by atoms with Crippen LogP contribution in [0.4, 0.5) is 18.9 Å². The number of benzene rings is 2. The Hall–Kier alpha value is -4.27. The third-order valence-corrected chi connectivity index (χ3v) is 5.45. The summed E-state index contributed by atoms with van der Waals surface area (Å²) < 4.78 is 45.8. The fourth-order valence-corrected chi connectivity index (χ4v) is 3.74. The van der Waals surface area contributed by atoms with Crippen LogP contribution in [0.5, 0.6) is 0 Å². The molecule has 36 heavy (non-hydrogen) atoms. The summed E-state index contributed by atoms with van der Waals surface area (Å²) in [5.74, 6) is -2.05. The van der Waals surface area contributed by atoms with Crippen molar-refractivity contribution in [3.8, 4) is 0 Å². The Balaban J connectivity index is 1.92. The third-order valence-electron chi connectivity index (χ3n) is 4.48. The molecule has 11 nitrogen and oxygen atoms in total. The predicted octanol–water partition coefficient (Wildman–Crippen LogP) is 3.90. The Bertz CT molecular complexity index is 1310. The van der Waals surface area contributed by atoms with Gasteiger partial charge in [0.15, 0.2) is 5.71 Å². The average molecular weight is 522 g/mol. The summed E-state index contributed by atoms with van der Waals surface area (Å²) in [5, 5.41) is 25.0. The molecule has 0 aliphatic rings. The van der Waals surface area contributed by atoms with Crippen LogP contribution < -0.4 is 0 Å². The van der Waals surface area contributed by atoms with Gasteiger partial charge in [0.2, 0.25) is 5.16 Å². The minimum absolute atomic E-state index is 0.0684. The van der Waals surface area contributed by atoms with Crippen molar-refractivity contribution >= 4 is 35.3 Å². The Morgan fingerprint density at radius 3 is 2.47 bits per heavy atom. The molecule has 2 aromatic carbocycles. The van der Waals surface area contributed by atoms with Gasteiger partial charge in [-0.25, -0.2) is 4.79 Å². The SMILES string of the molecule is CO/N=C(/C(=O)OC)c1ccccc1CSc1nnc(C(F)(F)F)n1/N=C/c1ccc([N+](=O)[O-])cc1. The molecule has 15 heteroatoms. The lowest BCUT2D eigenvalue weighted by atomic mass is 10.0. The van der Waals surface area contributed by atoms with Gasteiger partial charge < -0.3 is 9.57 Å². The van der Waals surface area contributed by atoms with E-state index in [0.717, 1.165) is 18.0 Å². The molecule has 0 radical (unpaired) electrons. The molecule has 188 valence electrons. The number of non-ortho nitro benzene ring substituents is 1. The molecule has 0 aliphatic carbocycles. The minimum Gasteiger partial charge on any atom is -0.464 e. The molecular weight excluding hydrogens is 505 g/mol. The second kappa shape index (κ2) is 11.4. The highest BCUT2D eigenvalue weighted by Gasteiger charge is 2.39. The lowest BCUT2D eigenvalue weighted by Crippen LogP contribution is -2.19. The number of hydrogen-bond acceptors (Lipinski definition) is 10. The maximum absolute atomic E-state index is 13.5. The molecule has 0 N–H and O–H groups in total. The van der Waals surface area contributed by atoms with Crippen LogP contribution in [0.3, 0.4) is 0 Å². The van der Waals surface area contributed by atoms with Crippen molar-refractivity contribution in [2.24, 2.45) is 10.3 Å². The molecule has 0 bridgehead atoms. The van der Waals surface area contributed by atoms with Gasteiger partial charge in [-0.3, -0.25) is 10.1 Å². The second-order valence-corrected chi connectivity index (χ2v) is 7.71. The summed E-state index contributed by atoms with van der Waals surface area (Å²) in [5.41, 5.74) is 0.916. The quantitative estimate of drug-likeness (QED) is 0.136. The van der Waals surface area contributed by atoms with Gasteiger partial charge in [-0.05, 0) is 23.3 Å². The molecule has 0 saturated carbocycles. The van der Waals surface area contributed by atoms with Crippen molar-refractivity contribution in [1.82, 2.24) is 14.9 Å². The first-order valence-corrected chi connectivity index (χ1v) is 10.9. The normalized spacial score (nSPS) is 12.1. The summed E-state index contributed by atoms with van der Waals surface area (Å²) in [6, 6.07) is 11.6. The van der Waals surface area contributed by atoms with Gasteiger partial charge >= 0.3 is 12.1 Å². The van der Waals surface area contributed by atoms with Gasteiger partial charge in [-0.2, -0.15) is 22.9 Å². The number of thioether (sulfide) groups is 1. The van der Waals surface area contributed by atoms with E-state index in [1.54, 1.807) is 24.3 Å². The number of nitrogens with zero attached hydrogens (tertiary/aromatic N) is 6. The first kappa shape index (κ1) is 26.3. The molecule has 1 heterocycles. The van der Waals surface area contributed by atoms with Crippen LogP contribution in [0, 0.1) is 10.1 Å². The number of methoxy groups -OCH3 is 1. The summed E-state index contributed by atoms with van der Waals surface area (Å²) >= 11 is 0.886. The zero-order valence-electron chi connectivity index (χ0n) is 18.7. The maximum atomic E-state index is 13.5. The highest BCUT2D eigenvalue weighted by Crippen LogP contribution is 2.32. The standard InChI is InChI=1S/C21H17F3N6O5S/c1-34-18(31)17(28-35-2)16-6-4-3-5-14(16)12-36-20-27-26-19(21(22,23)24)29(20)25-11-13-7-9-15(10-8-13)30(32)33/h3-11H,12H2,1-2H3/b25-11+,28-17+. The number of carbonyl (C=O) groups is 1. The Kier molecular flexibility index (Phi) is 8.37. The van der Waals surface area contributed by atoms with Crippen molar-refractivity contribution in [2.75, 3.05) is 14.2 Å². The van der Waals surface area contributed by atoms with Gasteiger partial charge in [0.1, 0.15) is 7.11 Å². The van der Waals surface area contributed by atoms with Crippen LogP contribution >= 0.6 is 11.8 Å². The molecule has 3 aromatic rings. The number of hydrogen-bond donors (Lipinski definition) is 0. The van der Waals surface area contributed by atoms with E-state index in [1.165, 1.54) is 38.5 Å². The molecular formula is C21H17F3N6O5S. The number of halogens is 3. The second-order valence-electron chi connectivity index (χ2n) is 6.77. The lowest BCUT2D eigenvalue weighted by Gasteiger charge is -2.10. The summed E-state index contributed by atoms with van der Waals surface area (Å²) in [7, 11) is 2.43. The molecule has 3 rings (SSSR count). The van der Waals surface area contributed by atoms with Gasteiger partial charge in [0, 0.05) is 23.4 Å². The highest BCUT2D eigenvalue weighted by molar-refractivity contribution is 7.98. The van der Waals surface area contributed by atoms with Crippen molar-refractivity contribution in [2.45, 2.75) is 17.1 Å². The predicted molar refractivity (Wildman–Crippen MR) is 123 cm³/mol. The zero-order valence-corrected chi connectivity index (χ0v) is 19.5. The van der Waals surface area contributed by atoms with E-state index in [2.05, 4.69) is 20.5 Å². The number of ether oxygens (including phenoxy) is 1. The fraction of sp³-hybridized carbons (Fsp3) is 0.190. The summed E-state index contributed by atoms with van der Waals surface area (Å²) in [6.45, 7) is 0. The van der Waals surface area contributed by atoms with Gasteiger partial charge in [-0.1, -0.05) is 41.2 Å². The molecule has 0 atom stereocenters. The highest BCUT2D eigenvalue weighted by atomic mass is 32.2. The topological polar surface area (TPSA) is 134 Å². The van der Waals surface area contributed by atoms with E-state index in [4.69, 9.17) is 9.57 Å². The molecule has 0 amide bonds. The van der Waals surface area contributed by atoms with E-state index >= 15 is 0 Å². The van der Waals surface area contributed by atoms with Crippen molar-refractivity contribution < 1.29 is 32.5 Å². The van der Waals surface area contributed by atoms with Crippen LogP contribution in [-0.4, -0.2) is 51.9 Å². The number of carbonyl (C=O) groups excluding carboxylic acids is 1. The molecule has 1 aromatic heterocycles. The smallest absolute Gasteiger partial charge is 0.453 e. The number of aromatic nitrogens is 3. The minimum atomic E-state index is -4.85. The zero-order chi connectivity index (χ0) is 26.3. The van der Waals surface area contributed by atoms with Crippen LogP contribution in [0.2, 0.25) is 0 Å². The Labute approximate surface area is 205 Å². The van der Waals surface area contributed by atoms with Crippen molar-refractivity contribution in [3.63, 3.8) is 0 Å². The van der Waals surface area contributed by atoms with Gasteiger partial charge in [0.05, 0.1) is 18.2 Å². The van der Waals surface area contributed by atoms with Gasteiger partial charge in [-0.15, -0.1) is 10.2 Å². The number of oxime groups is 1.